The van der Waals surface area contributed by atoms with Crippen molar-refractivity contribution in [3.8, 4) is 5.75 Å². The van der Waals surface area contributed by atoms with E-state index in [0.717, 1.165) is 17.4 Å². The number of ether oxygens (including phenoxy) is 1. The summed E-state index contributed by atoms with van der Waals surface area (Å²) in [6.45, 7) is 4.59. The van der Waals surface area contributed by atoms with Gasteiger partial charge in [0.05, 0.1) is 23.2 Å². The van der Waals surface area contributed by atoms with Crippen molar-refractivity contribution in [2.24, 2.45) is 4.99 Å². The van der Waals surface area contributed by atoms with Crippen LogP contribution in [0.4, 0.5) is 0 Å². The number of rotatable bonds is 6. The van der Waals surface area contributed by atoms with Gasteiger partial charge in [-0.05, 0) is 43.7 Å². The van der Waals surface area contributed by atoms with Crippen molar-refractivity contribution in [1.82, 2.24) is 3.97 Å². The maximum absolute atomic E-state index is 13.3. The van der Waals surface area contributed by atoms with Gasteiger partial charge in [-0.1, -0.05) is 30.7 Å². The highest BCUT2D eigenvalue weighted by molar-refractivity contribution is 7.90. The van der Waals surface area contributed by atoms with Crippen LogP contribution in [0.1, 0.15) is 24.6 Å². The van der Waals surface area contributed by atoms with E-state index in [2.05, 4.69) is 4.99 Å². The van der Waals surface area contributed by atoms with Gasteiger partial charge >= 0.3 is 0 Å². The van der Waals surface area contributed by atoms with Crippen molar-refractivity contribution in [2.45, 2.75) is 25.2 Å². The Morgan fingerprint density at radius 3 is 2.54 bits per heavy atom. The molecule has 0 saturated carbocycles. The van der Waals surface area contributed by atoms with Crippen molar-refractivity contribution < 1.29 is 13.2 Å². The molecule has 0 aliphatic rings. The third-order valence-corrected chi connectivity index (χ3v) is 5.90. The summed E-state index contributed by atoms with van der Waals surface area (Å²) in [5.74, 6) is 0.630. The normalized spacial score (nSPS) is 12.1. The Balaban J connectivity index is 2.28. The van der Waals surface area contributed by atoms with Gasteiger partial charge in [0.1, 0.15) is 5.75 Å². The van der Waals surface area contributed by atoms with Crippen LogP contribution >= 0.6 is 0 Å². The molecule has 26 heavy (non-hydrogen) atoms. The molecule has 0 aliphatic carbocycles. The third-order valence-electron chi connectivity index (χ3n) is 4.14. The van der Waals surface area contributed by atoms with Crippen LogP contribution in [-0.2, 0) is 10.0 Å². The molecule has 3 rings (SSSR count). The molecule has 6 heteroatoms. The minimum Gasteiger partial charge on any atom is -0.496 e. The monoisotopic (exact) mass is 370 g/mol. The molecule has 136 valence electrons. The average molecular weight is 370 g/mol. The van der Waals surface area contributed by atoms with Gasteiger partial charge in [-0.15, -0.1) is 0 Å². The summed E-state index contributed by atoms with van der Waals surface area (Å²) >= 11 is 0. The van der Waals surface area contributed by atoms with Gasteiger partial charge in [-0.3, -0.25) is 4.99 Å². The molecule has 0 fully saturated rings. The van der Waals surface area contributed by atoms with Crippen molar-refractivity contribution in [3.63, 3.8) is 0 Å². The summed E-state index contributed by atoms with van der Waals surface area (Å²) in [5.41, 5.74) is 2.09. The molecule has 0 saturated heterocycles. The lowest BCUT2D eigenvalue weighted by Gasteiger charge is -2.11. The lowest BCUT2D eigenvalue weighted by Crippen LogP contribution is -2.15. The van der Waals surface area contributed by atoms with E-state index in [1.54, 1.807) is 55.8 Å². The maximum atomic E-state index is 13.3. The molecule has 0 amide bonds. The fourth-order valence-electron chi connectivity index (χ4n) is 2.84. The van der Waals surface area contributed by atoms with Gasteiger partial charge in [-0.2, -0.15) is 0 Å². The second-order valence-electron chi connectivity index (χ2n) is 6.08. The van der Waals surface area contributed by atoms with Gasteiger partial charge in [0.25, 0.3) is 10.0 Å². The van der Waals surface area contributed by atoms with E-state index in [1.165, 1.54) is 3.97 Å². The molecule has 0 bridgehead atoms. The summed E-state index contributed by atoms with van der Waals surface area (Å²) in [5, 5.41) is 0.739. The van der Waals surface area contributed by atoms with Crippen LogP contribution in [0.25, 0.3) is 10.9 Å². The minimum absolute atomic E-state index is 0.244. The van der Waals surface area contributed by atoms with Crippen molar-refractivity contribution in [2.75, 3.05) is 13.7 Å². The van der Waals surface area contributed by atoms with Crippen molar-refractivity contribution in [1.29, 1.82) is 0 Å². The minimum atomic E-state index is -3.76. The molecule has 1 heterocycles. The fourth-order valence-corrected chi connectivity index (χ4v) is 4.33. The largest absolute Gasteiger partial charge is 0.496 e. The van der Waals surface area contributed by atoms with E-state index in [-0.39, 0.29) is 4.90 Å². The highest BCUT2D eigenvalue weighted by Gasteiger charge is 2.23. The number of fused-ring (bicyclic) bond motifs is 1. The number of hydrogen-bond donors (Lipinski definition) is 0. The van der Waals surface area contributed by atoms with E-state index in [1.807, 2.05) is 19.9 Å². The number of nitrogens with zero attached hydrogens (tertiary/aromatic N) is 2. The Kier molecular flexibility index (Phi) is 5.13. The van der Waals surface area contributed by atoms with E-state index < -0.39 is 10.0 Å². The average Bonchev–Trinajstić information content (AvgIpc) is 3.01. The highest BCUT2D eigenvalue weighted by atomic mass is 32.2. The van der Waals surface area contributed by atoms with Gasteiger partial charge in [0, 0.05) is 18.1 Å². The highest BCUT2D eigenvalue weighted by Crippen LogP contribution is 2.31. The summed E-state index contributed by atoms with van der Waals surface area (Å²) in [4.78, 5) is 4.59. The fraction of sp³-hybridized carbons (Fsp3) is 0.250. The van der Waals surface area contributed by atoms with Gasteiger partial charge < -0.3 is 4.74 Å². The van der Waals surface area contributed by atoms with E-state index in [0.29, 0.717) is 23.5 Å². The van der Waals surface area contributed by atoms with Gasteiger partial charge in [0.2, 0.25) is 0 Å². The maximum Gasteiger partial charge on any atom is 0.268 e. The lowest BCUT2D eigenvalue weighted by molar-refractivity contribution is 0.420. The van der Waals surface area contributed by atoms with Crippen LogP contribution in [0.3, 0.4) is 0 Å². The Bertz CT molecular complexity index is 1050. The van der Waals surface area contributed by atoms with Crippen LogP contribution in [-0.4, -0.2) is 32.3 Å². The Hall–Kier alpha value is -2.60. The molecule has 0 radical (unpaired) electrons. The Morgan fingerprint density at radius 1 is 1.15 bits per heavy atom. The van der Waals surface area contributed by atoms with Crippen LogP contribution in [0.5, 0.6) is 5.75 Å². The zero-order valence-corrected chi connectivity index (χ0v) is 16.0. The summed E-state index contributed by atoms with van der Waals surface area (Å²) < 4.78 is 33.4. The molecule has 5 nitrogen and oxygen atoms in total. The van der Waals surface area contributed by atoms with Crippen LogP contribution < -0.4 is 4.74 Å². The topological polar surface area (TPSA) is 60.7 Å². The summed E-state index contributed by atoms with van der Waals surface area (Å²) in [6, 6.07) is 14.0. The molecule has 1 aromatic heterocycles. The lowest BCUT2D eigenvalue weighted by atomic mass is 10.2. The molecular weight excluding hydrogens is 348 g/mol. The van der Waals surface area contributed by atoms with Gasteiger partial charge in [-0.25, -0.2) is 12.4 Å². The van der Waals surface area contributed by atoms with Crippen LogP contribution in [0, 0.1) is 6.92 Å². The number of hydrogen-bond acceptors (Lipinski definition) is 4. The first-order chi connectivity index (χ1) is 12.5. The molecule has 0 atom stereocenters. The molecular formula is C20H22N2O3S. The predicted octanol–water partition coefficient (Wildman–Crippen LogP) is 4.02. The zero-order chi connectivity index (χ0) is 18.7. The van der Waals surface area contributed by atoms with Crippen LogP contribution in [0.15, 0.2) is 58.4 Å². The summed E-state index contributed by atoms with van der Waals surface area (Å²) in [7, 11) is -2.19. The number of methoxy groups -OCH3 is 1. The SMILES string of the molecule is CCCN=Cc1cc2c(OC)cccc2n1S(=O)(=O)c1ccc(C)cc1. The first kappa shape index (κ1) is 18.2. The second-order valence-corrected chi connectivity index (χ2v) is 7.87. The summed E-state index contributed by atoms with van der Waals surface area (Å²) in [6.07, 6.45) is 2.51. The molecule has 0 spiro atoms. The first-order valence-corrected chi connectivity index (χ1v) is 9.93. The first-order valence-electron chi connectivity index (χ1n) is 8.49. The van der Waals surface area contributed by atoms with E-state index in [9.17, 15) is 8.42 Å². The number of aryl methyl sites for hydroxylation is 1. The molecule has 2 aromatic carbocycles. The van der Waals surface area contributed by atoms with Gasteiger partial charge in [0.15, 0.2) is 0 Å². The van der Waals surface area contributed by atoms with Crippen LogP contribution in [0.2, 0.25) is 0 Å². The predicted molar refractivity (Wildman–Crippen MR) is 105 cm³/mol. The standard InChI is InChI=1S/C20H22N2O3S/c1-4-12-21-14-16-13-18-19(6-5-7-20(18)25-3)22(16)26(23,24)17-10-8-15(2)9-11-17/h5-11,13-14H,4,12H2,1-3H3. The van der Waals surface area contributed by atoms with E-state index >= 15 is 0 Å². The third kappa shape index (κ3) is 3.24. The number of aliphatic imine (C=N–C) groups is 1. The quantitative estimate of drug-likeness (QED) is 0.616. The Morgan fingerprint density at radius 2 is 1.88 bits per heavy atom. The number of benzene rings is 2. The Labute approximate surface area is 154 Å². The van der Waals surface area contributed by atoms with Crippen molar-refractivity contribution >= 4 is 27.1 Å². The number of aromatic nitrogens is 1. The zero-order valence-electron chi connectivity index (χ0n) is 15.1. The molecule has 0 unspecified atom stereocenters. The second kappa shape index (κ2) is 7.33. The van der Waals surface area contributed by atoms with E-state index in [4.69, 9.17) is 4.74 Å². The molecule has 0 aliphatic heterocycles. The molecule has 3 aromatic rings. The molecule has 0 N–H and O–H groups in total. The smallest absolute Gasteiger partial charge is 0.268 e. The van der Waals surface area contributed by atoms with Crippen molar-refractivity contribution in [3.05, 3.63) is 59.8 Å².